The number of fused-ring (bicyclic) bond motifs is 1. The SMILES string of the molecule is Cc1cc(C)n(CCN(C(=O)c2cccc(Oc3ccccc3)c2)c2nc3c(F)cc(F)cc3s2)n1. The van der Waals surface area contributed by atoms with Crippen molar-refractivity contribution in [2.45, 2.75) is 20.4 Å². The minimum atomic E-state index is -0.767. The van der Waals surface area contributed by atoms with Gasteiger partial charge in [0.2, 0.25) is 0 Å². The summed E-state index contributed by atoms with van der Waals surface area (Å²) in [6.07, 6.45) is 0. The summed E-state index contributed by atoms with van der Waals surface area (Å²) in [7, 11) is 0. The van der Waals surface area contributed by atoms with Crippen LogP contribution in [0.1, 0.15) is 21.7 Å². The molecule has 36 heavy (non-hydrogen) atoms. The van der Waals surface area contributed by atoms with Gasteiger partial charge in [0.25, 0.3) is 5.91 Å². The Morgan fingerprint density at radius 2 is 1.78 bits per heavy atom. The summed E-state index contributed by atoms with van der Waals surface area (Å²) in [5, 5.41) is 4.74. The molecule has 182 valence electrons. The van der Waals surface area contributed by atoms with Gasteiger partial charge in [-0.1, -0.05) is 35.6 Å². The lowest BCUT2D eigenvalue weighted by Crippen LogP contribution is -2.34. The first-order valence-corrected chi connectivity index (χ1v) is 12.1. The Morgan fingerprint density at radius 3 is 2.53 bits per heavy atom. The standard InChI is InChI=1S/C27H22F2N4O2S/c1-17-13-18(2)33(31-17)12-11-32(27-30-25-23(29)15-20(28)16-24(25)36-27)26(34)19-7-6-10-22(14-19)35-21-8-4-3-5-9-21/h3-10,13-16H,11-12H2,1-2H3. The number of carbonyl (C=O) groups excluding carboxylic acids is 1. The summed E-state index contributed by atoms with van der Waals surface area (Å²) in [6, 6.07) is 20.1. The molecule has 0 N–H and O–H groups in total. The molecule has 1 amide bonds. The fraction of sp³-hybridized carbons (Fsp3) is 0.148. The van der Waals surface area contributed by atoms with Crippen molar-refractivity contribution in [3.05, 3.63) is 101 Å². The minimum absolute atomic E-state index is 0.0291. The molecule has 2 aromatic heterocycles. The zero-order valence-electron chi connectivity index (χ0n) is 19.6. The van der Waals surface area contributed by atoms with Crippen LogP contribution < -0.4 is 9.64 Å². The van der Waals surface area contributed by atoms with Crippen molar-refractivity contribution in [3.63, 3.8) is 0 Å². The van der Waals surface area contributed by atoms with E-state index in [0.29, 0.717) is 28.3 Å². The van der Waals surface area contributed by atoms with Crippen LogP contribution in [0.15, 0.2) is 72.8 Å². The van der Waals surface area contributed by atoms with Gasteiger partial charge < -0.3 is 4.74 Å². The third-order valence-corrected chi connectivity index (χ3v) is 6.60. The number of rotatable bonds is 7. The zero-order chi connectivity index (χ0) is 25.2. The van der Waals surface area contributed by atoms with Crippen LogP contribution in [0.4, 0.5) is 13.9 Å². The average molecular weight is 505 g/mol. The van der Waals surface area contributed by atoms with Crippen molar-refractivity contribution in [3.8, 4) is 11.5 Å². The summed E-state index contributed by atoms with van der Waals surface area (Å²) >= 11 is 1.06. The molecule has 0 saturated heterocycles. The number of carbonyl (C=O) groups is 1. The number of aryl methyl sites for hydroxylation is 2. The molecule has 0 aliphatic rings. The normalized spacial score (nSPS) is 11.1. The smallest absolute Gasteiger partial charge is 0.260 e. The number of hydrogen-bond donors (Lipinski definition) is 0. The Labute approximate surface area is 210 Å². The van der Waals surface area contributed by atoms with Crippen LogP contribution in [0, 0.1) is 25.5 Å². The Kier molecular flexibility index (Phi) is 6.47. The van der Waals surface area contributed by atoms with Crippen molar-refractivity contribution in [2.75, 3.05) is 11.4 Å². The molecule has 0 fully saturated rings. The van der Waals surface area contributed by atoms with Crippen LogP contribution >= 0.6 is 11.3 Å². The Morgan fingerprint density at radius 1 is 1.00 bits per heavy atom. The summed E-state index contributed by atoms with van der Waals surface area (Å²) in [5.74, 6) is -0.650. The van der Waals surface area contributed by atoms with Crippen molar-refractivity contribution < 1.29 is 18.3 Å². The number of benzene rings is 3. The fourth-order valence-corrected chi connectivity index (χ4v) is 4.94. The number of para-hydroxylation sites is 1. The summed E-state index contributed by atoms with van der Waals surface area (Å²) in [4.78, 5) is 19.6. The number of thiazole rings is 1. The molecule has 0 spiro atoms. The maximum absolute atomic E-state index is 14.4. The van der Waals surface area contributed by atoms with Gasteiger partial charge in [0.15, 0.2) is 10.9 Å². The van der Waals surface area contributed by atoms with Gasteiger partial charge in [0, 0.05) is 23.9 Å². The second-order valence-corrected chi connectivity index (χ2v) is 9.29. The quantitative estimate of drug-likeness (QED) is 0.253. The molecule has 0 aliphatic heterocycles. The number of aromatic nitrogens is 3. The predicted molar refractivity (Wildman–Crippen MR) is 136 cm³/mol. The molecule has 5 rings (SSSR count). The second kappa shape index (κ2) is 9.87. The van der Waals surface area contributed by atoms with Gasteiger partial charge in [-0.2, -0.15) is 5.10 Å². The van der Waals surface area contributed by atoms with Crippen molar-refractivity contribution in [1.29, 1.82) is 0 Å². The van der Waals surface area contributed by atoms with Gasteiger partial charge in [-0.15, -0.1) is 0 Å². The van der Waals surface area contributed by atoms with Gasteiger partial charge in [-0.05, 0) is 56.3 Å². The van der Waals surface area contributed by atoms with Crippen molar-refractivity contribution in [2.24, 2.45) is 0 Å². The molecule has 6 nitrogen and oxygen atoms in total. The van der Waals surface area contributed by atoms with Gasteiger partial charge in [-0.25, -0.2) is 13.8 Å². The highest BCUT2D eigenvalue weighted by atomic mass is 32.1. The second-order valence-electron chi connectivity index (χ2n) is 8.28. The van der Waals surface area contributed by atoms with Gasteiger partial charge in [0.1, 0.15) is 22.8 Å². The molecule has 0 saturated carbocycles. The van der Waals surface area contributed by atoms with Gasteiger partial charge in [0.05, 0.1) is 16.9 Å². The highest BCUT2D eigenvalue weighted by Gasteiger charge is 2.23. The molecule has 0 bridgehead atoms. The van der Waals surface area contributed by atoms with Gasteiger partial charge in [-0.3, -0.25) is 14.4 Å². The minimum Gasteiger partial charge on any atom is -0.457 e. The lowest BCUT2D eigenvalue weighted by Gasteiger charge is -2.20. The number of nitrogens with zero attached hydrogens (tertiary/aromatic N) is 4. The molecule has 9 heteroatoms. The molecule has 0 atom stereocenters. The first kappa shape index (κ1) is 23.6. The van der Waals surface area contributed by atoms with E-state index >= 15 is 0 Å². The number of ether oxygens (including phenoxy) is 1. The molecular formula is C27H22F2N4O2S. The maximum Gasteiger partial charge on any atom is 0.260 e. The molecule has 3 aromatic carbocycles. The van der Waals surface area contributed by atoms with E-state index in [1.807, 2.05) is 50.2 Å². The van der Waals surface area contributed by atoms with Crippen LogP contribution in [0.5, 0.6) is 11.5 Å². The Hall–Kier alpha value is -4.11. The van der Waals surface area contributed by atoms with Crippen LogP contribution in [0.2, 0.25) is 0 Å². The summed E-state index contributed by atoms with van der Waals surface area (Å²) < 4.78 is 36.2. The third kappa shape index (κ3) is 4.96. The number of hydrogen-bond acceptors (Lipinski definition) is 5. The van der Waals surface area contributed by atoms with Crippen molar-refractivity contribution >= 4 is 32.6 Å². The van der Waals surface area contributed by atoms with E-state index in [2.05, 4.69) is 10.1 Å². The van der Waals surface area contributed by atoms with E-state index in [1.165, 1.54) is 11.0 Å². The van der Waals surface area contributed by atoms with Gasteiger partial charge >= 0.3 is 0 Å². The summed E-state index contributed by atoms with van der Waals surface area (Å²) in [5.41, 5.74) is 2.23. The first-order valence-electron chi connectivity index (χ1n) is 11.3. The van der Waals surface area contributed by atoms with Crippen LogP contribution in [-0.2, 0) is 6.54 Å². The number of amides is 1. The van der Waals surface area contributed by atoms with Crippen LogP contribution in [0.25, 0.3) is 10.2 Å². The van der Waals surface area contributed by atoms with Crippen LogP contribution in [0.3, 0.4) is 0 Å². The first-order chi connectivity index (χ1) is 17.4. The molecular weight excluding hydrogens is 482 g/mol. The molecule has 0 radical (unpaired) electrons. The molecule has 2 heterocycles. The largest absolute Gasteiger partial charge is 0.457 e. The van der Waals surface area contributed by atoms with Crippen LogP contribution in [-0.4, -0.2) is 27.2 Å². The van der Waals surface area contributed by atoms with E-state index in [4.69, 9.17) is 4.74 Å². The monoisotopic (exact) mass is 504 g/mol. The van der Waals surface area contributed by atoms with E-state index in [0.717, 1.165) is 28.8 Å². The van der Waals surface area contributed by atoms with Crippen molar-refractivity contribution in [1.82, 2.24) is 14.8 Å². The predicted octanol–water partition coefficient (Wildman–Crippen LogP) is 6.53. The summed E-state index contributed by atoms with van der Waals surface area (Å²) in [6.45, 7) is 4.47. The topological polar surface area (TPSA) is 60.2 Å². The maximum atomic E-state index is 14.4. The third-order valence-electron chi connectivity index (χ3n) is 5.58. The van der Waals surface area contributed by atoms with E-state index < -0.39 is 11.6 Å². The highest BCUT2D eigenvalue weighted by molar-refractivity contribution is 7.22. The average Bonchev–Trinajstić information content (AvgIpc) is 3.42. The number of halogens is 2. The zero-order valence-corrected chi connectivity index (χ0v) is 20.4. The lowest BCUT2D eigenvalue weighted by atomic mass is 10.2. The molecule has 0 unspecified atom stereocenters. The van der Waals surface area contributed by atoms with E-state index in [1.54, 1.807) is 28.9 Å². The fourth-order valence-electron chi connectivity index (χ4n) is 3.91. The highest BCUT2D eigenvalue weighted by Crippen LogP contribution is 2.32. The lowest BCUT2D eigenvalue weighted by molar-refractivity contribution is 0.0985. The molecule has 0 aliphatic carbocycles. The van der Waals surface area contributed by atoms with E-state index in [9.17, 15) is 13.6 Å². The Bertz CT molecular complexity index is 1550. The molecule has 5 aromatic rings. The van der Waals surface area contributed by atoms with E-state index in [-0.39, 0.29) is 23.1 Å². The number of anilines is 1. The Balaban J connectivity index is 1.49.